The first-order valence-electron chi connectivity index (χ1n) is 8.16. The summed E-state index contributed by atoms with van der Waals surface area (Å²) in [6.07, 6.45) is 3.96. The molecule has 132 valence electrons. The number of fused-ring (bicyclic) bond motifs is 1. The number of alkyl halides is 1. The van der Waals surface area contributed by atoms with Crippen molar-refractivity contribution in [3.63, 3.8) is 0 Å². The van der Waals surface area contributed by atoms with Crippen molar-refractivity contribution in [2.75, 3.05) is 10.2 Å². The average molecular weight is 388 g/mol. The summed E-state index contributed by atoms with van der Waals surface area (Å²) in [6.45, 7) is 0.734. The monoisotopic (exact) mass is 387 g/mol. The molecule has 0 saturated heterocycles. The minimum atomic E-state index is -0.432. The zero-order valence-corrected chi connectivity index (χ0v) is 15.3. The van der Waals surface area contributed by atoms with Gasteiger partial charge in [-0.1, -0.05) is 23.7 Å². The molecule has 6 heteroatoms. The van der Waals surface area contributed by atoms with Gasteiger partial charge in [-0.05, 0) is 42.0 Å². The topological polar surface area (TPSA) is 31.1 Å². The minimum absolute atomic E-state index is 0.0919. The Balaban J connectivity index is 1.67. The van der Waals surface area contributed by atoms with Crippen LogP contribution in [0.25, 0.3) is 5.70 Å². The number of anilines is 2. The van der Waals surface area contributed by atoms with Gasteiger partial charge in [0.25, 0.3) is 0 Å². The molecule has 0 spiro atoms. The second kappa shape index (κ2) is 7.06. The molecule has 0 saturated carbocycles. The van der Waals surface area contributed by atoms with E-state index in [9.17, 15) is 4.39 Å². The summed E-state index contributed by atoms with van der Waals surface area (Å²) in [4.78, 5) is 5.43. The van der Waals surface area contributed by atoms with Gasteiger partial charge in [-0.25, -0.2) is 4.39 Å². The predicted molar refractivity (Wildman–Crippen MR) is 106 cm³/mol. The van der Waals surface area contributed by atoms with Crippen molar-refractivity contribution < 1.29 is 4.39 Å². The number of halogens is 3. The first-order chi connectivity index (χ1) is 12.6. The number of hydrogen-bond donors (Lipinski definition) is 2. The highest BCUT2D eigenvalue weighted by Crippen LogP contribution is 2.31. The number of H-pyrrole nitrogens is 1. The first kappa shape index (κ1) is 17.0. The molecule has 26 heavy (non-hydrogen) atoms. The lowest BCUT2D eigenvalue weighted by Crippen LogP contribution is -2.23. The van der Waals surface area contributed by atoms with Crippen LogP contribution >= 0.6 is 23.2 Å². The lowest BCUT2D eigenvalue weighted by Gasteiger charge is -2.28. The second-order valence-electron chi connectivity index (χ2n) is 6.09. The van der Waals surface area contributed by atoms with E-state index in [0.29, 0.717) is 5.88 Å². The van der Waals surface area contributed by atoms with E-state index in [1.807, 2.05) is 30.6 Å². The van der Waals surface area contributed by atoms with Crippen LogP contribution in [0.3, 0.4) is 0 Å². The number of rotatable bonds is 4. The molecule has 4 rings (SSSR count). The zero-order chi connectivity index (χ0) is 18.1. The molecule has 1 aromatic heterocycles. The summed E-state index contributed by atoms with van der Waals surface area (Å²) in [7, 11) is 0. The van der Waals surface area contributed by atoms with E-state index in [1.165, 1.54) is 6.07 Å². The molecular weight excluding hydrogens is 372 g/mol. The number of nitrogens with zero attached hydrogens (tertiary/aromatic N) is 1. The molecule has 0 amide bonds. The van der Waals surface area contributed by atoms with Crippen LogP contribution in [-0.4, -0.2) is 4.98 Å². The van der Waals surface area contributed by atoms with Gasteiger partial charge >= 0.3 is 0 Å². The average Bonchev–Trinajstić information content (AvgIpc) is 3.14. The molecule has 2 N–H and O–H groups in total. The molecule has 0 unspecified atom stereocenters. The molecule has 0 atom stereocenters. The highest BCUT2D eigenvalue weighted by Gasteiger charge is 2.19. The summed E-state index contributed by atoms with van der Waals surface area (Å²) in [5.74, 6) is 0.0628. The summed E-state index contributed by atoms with van der Waals surface area (Å²) in [6, 6.07) is 14.8. The largest absolute Gasteiger partial charge is 0.363 e. The van der Waals surface area contributed by atoms with Gasteiger partial charge in [-0.3, -0.25) is 0 Å². The number of nitrogens with one attached hydrogen (secondary N) is 2. The third kappa shape index (κ3) is 3.30. The van der Waals surface area contributed by atoms with E-state index < -0.39 is 5.82 Å². The summed E-state index contributed by atoms with van der Waals surface area (Å²) in [5, 5.41) is 3.43. The standard InChI is InChI=1S/C20H16Cl2FN3/c21-10-13-1-4-15(5-2-13)26-11-19-16(7-8-24-19)20(12-26)25-14-3-6-18(23)17(22)9-14/h1-9,12,24-25H,10-11H2. The maximum atomic E-state index is 13.4. The van der Waals surface area contributed by atoms with E-state index in [4.69, 9.17) is 23.2 Å². The molecule has 3 aromatic rings. The fourth-order valence-corrected chi connectivity index (χ4v) is 3.36. The normalized spacial score (nSPS) is 13.3. The van der Waals surface area contributed by atoms with Gasteiger partial charge in [0.1, 0.15) is 5.82 Å². The van der Waals surface area contributed by atoms with Gasteiger partial charge in [0.05, 0.1) is 17.3 Å². The smallest absolute Gasteiger partial charge is 0.141 e. The van der Waals surface area contributed by atoms with Crippen LogP contribution in [-0.2, 0) is 12.4 Å². The minimum Gasteiger partial charge on any atom is -0.363 e. The van der Waals surface area contributed by atoms with Gasteiger partial charge < -0.3 is 15.2 Å². The quantitative estimate of drug-likeness (QED) is 0.539. The highest BCUT2D eigenvalue weighted by molar-refractivity contribution is 6.31. The third-order valence-electron chi connectivity index (χ3n) is 4.36. The Labute approximate surface area is 161 Å². The van der Waals surface area contributed by atoms with Crippen LogP contribution in [0, 0.1) is 5.82 Å². The molecule has 0 bridgehead atoms. The van der Waals surface area contributed by atoms with Crippen molar-refractivity contribution in [1.82, 2.24) is 4.98 Å². The number of aromatic nitrogens is 1. The van der Waals surface area contributed by atoms with Crippen molar-refractivity contribution in [2.24, 2.45) is 0 Å². The molecule has 0 radical (unpaired) electrons. The van der Waals surface area contributed by atoms with Gasteiger partial charge in [0.15, 0.2) is 0 Å². The first-order valence-corrected chi connectivity index (χ1v) is 9.07. The summed E-state index contributed by atoms with van der Waals surface area (Å²) < 4.78 is 13.4. The Morgan fingerprint density at radius 1 is 1.12 bits per heavy atom. The van der Waals surface area contributed by atoms with Crippen LogP contribution in [0.1, 0.15) is 16.8 Å². The van der Waals surface area contributed by atoms with Gasteiger partial charge in [-0.2, -0.15) is 0 Å². The van der Waals surface area contributed by atoms with Crippen molar-refractivity contribution >= 4 is 40.3 Å². The van der Waals surface area contributed by atoms with Crippen molar-refractivity contribution in [1.29, 1.82) is 0 Å². The van der Waals surface area contributed by atoms with Gasteiger partial charge in [-0.15, -0.1) is 11.6 Å². The maximum Gasteiger partial charge on any atom is 0.141 e. The van der Waals surface area contributed by atoms with Crippen molar-refractivity contribution in [2.45, 2.75) is 12.4 Å². The van der Waals surface area contributed by atoms with E-state index in [0.717, 1.165) is 40.4 Å². The van der Waals surface area contributed by atoms with Crippen LogP contribution < -0.4 is 10.2 Å². The summed E-state index contributed by atoms with van der Waals surface area (Å²) in [5.41, 5.74) is 5.97. The Hall–Kier alpha value is -2.43. The van der Waals surface area contributed by atoms with Crippen molar-refractivity contribution in [3.8, 4) is 0 Å². The second-order valence-corrected chi connectivity index (χ2v) is 6.77. The Morgan fingerprint density at radius 3 is 2.65 bits per heavy atom. The number of aromatic amines is 1. The molecular formula is C20H16Cl2FN3. The summed E-state index contributed by atoms with van der Waals surface area (Å²) >= 11 is 11.8. The Morgan fingerprint density at radius 2 is 1.92 bits per heavy atom. The van der Waals surface area contributed by atoms with Gasteiger partial charge in [0.2, 0.25) is 0 Å². The lowest BCUT2D eigenvalue weighted by molar-refractivity contribution is 0.628. The molecule has 2 aromatic carbocycles. The molecule has 3 nitrogen and oxygen atoms in total. The number of hydrogen-bond acceptors (Lipinski definition) is 2. The molecule has 0 fully saturated rings. The van der Waals surface area contributed by atoms with Crippen LogP contribution in [0.2, 0.25) is 5.02 Å². The SMILES string of the molecule is Fc1ccc(NC2=CN(c3ccc(CCl)cc3)Cc3[nH]ccc32)cc1Cl. The van der Waals surface area contributed by atoms with E-state index in [1.54, 1.807) is 12.1 Å². The van der Waals surface area contributed by atoms with Crippen LogP contribution in [0.5, 0.6) is 0 Å². The molecule has 2 heterocycles. The lowest BCUT2D eigenvalue weighted by atomic mass is 10.1. The maximum absolute atomic E-state index is 13.4. The molecule has 1 aliphatic rings. The highest BCUT2D eigenvalue weighted by atomic mass is 35.5. The fraction of sp³-hybridized carbons (Fsp3) is 0.100. The van der Waals surface area contributed by atoms with Crippen LogP contribution in [0.15, 0.2) is 60.9 Å². The fourth-order valence-electron chi connectivity index (χ4n) is 3.00. The Bertz CT molecular complexity index is 963. The van der Waals surface area contributed by atoms with Crippen molar-refractivity contribution in [3.05, 3.63) is 88.6 Å². The van der Waals surface area contributed by atoms with Gasteiger partial charge in [0, 0.05) is 40.9 Å². The van der Waals surface area contributed by atoms with E-state index in [2.05, 4.69) is 27.3 Å². The van der Waals surface area contributed by atoms with E-state index >= 15 is 0 Å². The molecule has 0 aliphatic carbocycles. The zero-order valence-electron chi connectivity index (χ0n) is 13.8. The number of benzene rings is 2. The third-order valence-corrected chi connectivity index (χ3v) is 4.96. The Kier molecular flexibility index (Phi) is 4.62. The van der Waals surface area contributed by atoms with Crippen LogP contribution in [0.4, 0.5) is 15.8 Å². The molecule has 1 aliphatic heterocycles. The van der Waals surface area contributed by atoms with E-state index in [-0.39, 0.29) is 5.02 Å². The predicted octanol–water partition coefficient (Wildman–Crippen LogP) is 5.98.